The number of hydrogen-bond donors (Lipinski definition) is 1. The average Bonchev–Trinajstić information content (AvgIpc) is 2.70. The van der Waals surface area contributed by atoms with E-state index in [0.29, 0.717) is 35.0 Å². The third-order valence-corrected chi connectivity index (χ3v) is 5.48. The first-order valence-electron chi connectivity index (χ1n) is 9.09. The molecule has 0 aromatic heterocycles. The molecule has 3 aromatic carbocycles. The second-order valence-electron chi connectivity index (χ2n) is 6.34. The smallest absolute Gasteiger partial charge is 0.255 e. The Morgan fingerprint density at radius 3 is 2.17 bits per heavy atom. The fourth-order valence-corrected chi connectivity index (χ4v) is 3.83. The minimum atomic E-state index is -3.37. The van der Waals surface area contributed by atoms with Crippen molar-refractivity contribution in [2.75, 3.05) is 22.4 Å². The van der Waals surface area contributed by atoms with Crippen molar-refractivity contribution in [2.24, 2.45) is 0 Å². The molecule has 29 heavy (non-hydrogen) atoms. The summed E-state index contributed by atoms with van der Waals surface area (Å²) in [4.78, 5) is 12.7. The van der Waals surface area contributed by atoms with Gasteiger partial charge in [0, 0.05) is 12.1 Å². The fraction of sp³-hybridized carbons (Fsp3) is 0.136. The lowest BCUT2D eigenvalue weighted by Crippen LogP contribution is -2.29. The zero-order valence-electron chi connectivity index (χ0n) is 16.2. The van der Waals surface area contributed by atoms with E-state index in [1.54, 1.807) is 43.3 Å². The fourth-order valence-electron chi connectivity index (χ4n) is 2.86. The van der Waals surface area contributed by atoms with E-state index < -0.39 is 10.0 Å². The molecule has 0 saturated carbocycles. The lowest BCUT2D eigenvalue weighted by atomic mass is 10.2. The molecular weight excluding hydrogens is 388 g/mol. The van der Waals surface area contributed by atoms with E-state index in [1.807, 2.05) is 42.5 Å². The Bertz CT molecular complexity index is 1080. The zero-order valence-corrected chi connectivity index (χ0v) is 17.0. The van der Waals surface area contributed by atoms with Crippen molar-refractivity contribution in [3.05, 3.63) is 84.4 Å². The molecule has 0 atom stereocenters. The van der Waals surface area contributed by atoms with Gasteiger partial charge in [-0.15, -0.1) is 0 Å². The molecule has 0 aliphatic heterocycles. The predicted molar refractivity (Wildman–Crippen MR) is 115 cm³/mol. The Kier molecular flexibility index (Phi) is 6.19. The number of hydrogen-bond acceptors (Lipinski definition) is 4. The van der Waals surface area contributed by atoms with Crippen LogP contribution in [-0.4, -0.2) is 27.1 Å². The Morgan fingerprint density at radius 2 is 1.55 bits per heavy atom. The van der Waals surface area contributed by atoms with Gasteiger partial charge in [0.2, 0.25) is 10.0 Å². The lowest BCUT2D eigenvalue weighted by molar-refractivity contribution is 0.102. The van der Waals surface area contributed by atoms with Crippen LogP contribution in [0.2, 0.25) is 0 Å². The van der Waals surface area contributed by atoms with E-state index in [4.69, 9.17) is 4.74 Å². The van der Waals surface area contributed by atoms with Crippen LogP contribution in [-0.2, 0) is 10.0 Å². The van der Waals surface area contributed by atoms with Gasteiger partial charge in [-0.2, -0.15) is 0 Å². The predicted octanol–water partition coefficient (Wildman–Crippen LogP) is 4.52. The summed E-state index contributed by atoms with van der Waals surface area (Å²) in [6, 6.07) is 22.9. The SMILES string of the molecule is CCN(c1ccc(C(=O)Nc2ccccc2Oc2ccccc2)cc1)S(C)(=O)=O. The van der Waals surface area contributed by atoms with Crippen LogP contribution in [0.5, 0.6) is 11.5 Å². The molecule has 6 nitrogen and oxygen atoms in total. The third kappa shape index (κ3) is 5.14. The van der Waals surface area contributed by atoms with Crippen molar-refractivity contribution in [3.63, 3.8) is 0 Å². The summed E-state index contributed by atoms with van der Waals surface area (Å²) in [5.41, 5.74) is 1.46. The molecule has 0 fully saturated rings. The number of nitrogens with zero attached hydrogens (tertiary/aromatic N) is 1. The Morgan fingerprint density at radius 1 is 0.931 bits per heavy atom. The topological polar surface area (TPSA) is 75.7 Å². The highest BCUT2D eigenvalue weighted by Crippen LogP contribution is 2.29. The van der Waals surface area contributed by atoms with Crippen molar-refractivity contribution < 1.29 is 17.9 Å². The van der Waals surface area contributed by atoms with Gasteiger partial charge in [0.25, 0.3) is 5.91 Å². The normalized spacial score (nSPS) is 11.0. The molecule has 3 aromatic rings. The molecule has 1 N–H and O–H groups in total. The number of nitrogens with one attached hydrogen (secondary N) is 1. The van der Waals surface area contributed by atoms with Crippen LogP contribution in [0, 0.1) is 0 Å². The summed E-state index contributed by atoms with van der Waals surface area (Å²) in [6.45, 7) is 2.07. The number of amides is 1. The molecule has 0 saturated heterocycles. The summed E-state index contributed by atoms with van der Waals surface area (Å²) in [7, 11) is -3.37. The van der Waals surface area contributed by atoms with Crippen LogP contribution in [0.15, 0.2) is 78.9 Å². The summed E-state index contributed by atoms with van der Waals surface area (Å²) >= 11 is 0. The lowest BCUT2D eigenvalue weighted by Gasteiger charge is -2.20. The van der Waals surface area contributed by atoms with Crippen molar-refractivity contribution in [2.45, 2.75) is 6.92 Å². The Labute approximate surface area is 170 Å². The molecule has 0 spiro atoms. The first kappa shape index (κ1) is 20.4. The summed E-state index contributed by atoms with van der Waals surface area (Å²) in [6.07, 6.45) is 1.15. The number of para-hydroxylation sites is 3. The number of sulfonamides is 1. The van der Waals surface area contributed by atoms with Crippen molar-refractivity contribution >= 4 is 27.3 Å². The van der Waals surface area contributed by atoms with Gasteiger partial charge < -0.3 is 10.1 Å². The van der Waals surface area contributed by atoms with Gasteiger partial charge in [0.15, 0.2) is 5.75 Å². The number of ether oxygens (including phenoxy) is 1. The molecule has 0 aliphatic rings. The molecule has 3 rings (SSSR count). The standard InChI is InChI=1S/C22H22N2O4S/c1-3-24(29(2,26)27)18-15-13-17(14-16-18)22(25)23-20-11-7-8-12-21(20)28-19-9-5-4-6-10-19/h4-16H,3H2,1-2H3,(H,23,25). The number of carbonyl (C=O) groups is 1. The summed E-state index contributed by atoms with van der Waals surface area (Å²) in [5, 5.41) is 2.84. The molecule has 0 radical (unpaired) electrons. The third-order valence-electron chi connectivity index (χ3n) is 4.21. The monoisotopic (exact) mass is 410 g/mol. The van der Waals surface area contributed by atoms with Crippen LogP contribution in [0.3, 0.4) is 0 Å². The molecular formula is C22H22N2O4S. The second-order valence-corrected chi connectivity index (χ2v) is 8.25. The highest BCUT2D eigenvalue weighted by atomic mass is 32.2. The highest BCUT2D eigenvalue weighted by Gasteiger charge is 2.16. The zero-order chi connectivity index (χ0) is 20.9. The molecule has 7 heteroatoms. The molecule has 0 bridgehead atoms. The first-order chi connectivity index (χ1) is 13.9. The van der Waals surface area contributed by atoms with E-state index in [-0.39, 0.29) is 5.91 Å². The van der Waals surface area contributed by atoms with E-state index >= 15 is 0 Å². The highest BCUT2D eigenvalue weighted by molar-refractivity contribution is 7.92. The van der Waals surface area contributed by atoms with E-state index in [9.17, 15) is 13.2 Å². The minimum absolute atomic E-state index is 0.314. The van der Waals surface area contributed by atoms with Gasteiger partial charge in [0.1, 0.15) is 5.75 Å². The maximum absolute atomic E-state index is 12.7. The van der Waals surface area contributed by atoms with Gasteiger partial charge in [0.05, 0.1) is 17.6 Å². The quantitative estimate of drug-likeness (QED) is 0.621. The van der Waals surface area contributed by atoms with E-state index in [0.717, 1.165) is 6.26 Å². The van der Waals surface area contributed by atoms with Gasteiger partial charge in [-0.25, -0.2) is 8.42 Å². The van der Waals surface area contributed by atoms with Gasteiger partial charge in [-0.05, 0) is 55.5 Å². The van der Waals surface area contributed by atoms with Crippen LogP contribution in [0.1, 0.15) is 17.3 Å². The van der Waals surface area contributed by atoms with Crippen molar-refractivity contribution in [3.8, 4) is 11.5 Å². The number of carbonyl (C=O) groups excluding carboxylic acids is 1. The van der Waals surface area contributed by atoms with Crippen molar-refractivity contribution in [1.82, 2.24) is 0 Å². The largest absolute Gasteiger partial charge is 0.455 e. The molecule has 150 valence electrons. The summed E-state index contributed by atoms with van der Waals surface area (Å²) in [5.74, 6) is 0.875. The average molecular weight is 410 g/mol. The Hall–Kier alpha value is -3.32. The number of anilines is 2. The molecule has 1 amide bonds. The first-order valence-corrected chi connectivity index (χ1v) is 10.9. The van der Waals surface area contributed by atoms with Gasteiger partial charge in [-0.3, -0.25) is 9.10 Å². The number of rotatable bonds is 7. The van der Waals surface area contributed by atoms with Crippen LogP contribution in [0.4, 0.5) is 11.4 Å². The van der Waals surface area contributed by atoms with Crippen LogP contribution >= 0.6 is 0 Å². The van der Waals surface area contributed by atoms with Gasteiger partial charge >= 0.3 is 0 Å². The molecule has 0 aliphatic carbocycles. The molecule has 0 unspecified atom stereocenters. The number of benzene rings is 3. The van der Waals surface area contributed by atoms with E-state index in [1.165, 1.54) is 4.31 Å². The van der Waals surface area contributed by atoms with Crippen molar-refractivity contribution in [1.29, 1.82) is 0 Å². The van der Waals surface area contributed by atoms with E-state index in [2.05, 4.69) is 5.32 Å². The maximum Gasteiger partial charge on any atom is 0.255 e. The van der Waals surface area contributed by atoms with Crippen LogP contribution < -0.4 is 14.4 Å². The maximum atomic E-state index is 12.7. The molecule has 0 heterocycles. The Balaban J connectivity index is 1.77. The minimum Gasteiger partial charge on any atom is -0.455 e. The second kappa shape index (κ2) is 8.79. The van der Waals surface area contributed by atoms with Gasteiger partial charge in [-0.1, -0.05) is 30.3 Å². The van der Waals surface area contributed by atoms with Crippen LogP contribution in [0.25, 0.3) is 0 Å². The summed E-state index contributed by atoms with van der Waals surface area (Å²) < 4.78 is 30.8.